The van der Waals surface area contributed by atoms with E-state index in [-0.39, 0.29) is 5.97 Å². The summed E-state index contributed by atoms with van der Waals surface area (Å²) in [6.07, 6.45) is 4.04. The molecule has 0 amide bonds. The molecule has 0 aliphatic heterocycles. The molecule has 0 aliphatic carbocycles. The molecule has 0 bridgehead atoms. The predicted molar refractivity (Wildman–Crippen MR) is 45.7 cm³/mol. The van der Waals surface area contributed by atoms with Crippen LogP contribution in [0.5, 0.6) is 0 Å². The van der Waals surface area contributed by atoms with Crippen LogP contribution in [0, 0.1) is 0 Å². The van der Waals surface area contributed by atoms with Gasteiger partial charge in [-0.25, -0.2) is 4.79 Å². The zero-order chi connectivity index (χ0) is 8.53. The number of ether oxygens (including phenoxy) is 1. The summed E-state index contributed by atoms with van der Waals surface area (Å²) in [4.78, 5) is 10.5. The molecular weight excluding hydrogens is 164 g/mol. The molecule has 0 fully saturated rings. The maximum atomic E-state index is 10.5. The quantitative estimate of drug-likeness (QED) is 0.268. The van der Waals surface area contributed by atoms with E-state index in [0.29, 0.717) is 12.5 Å². The maximum absolute atomic E-state index is 10.5. The van der Waals surface area contributed by atoms with E-state index in [0.717, 1.165) is 19.3 Å². The lowest BCUT2D eigenvalue weighted by molar-refractivity contribution is -0.137. The smallest absolute Gasteiger partial charge is 0.330 e. The van der Waals surface area contributed by atoms with E-state index in [4.69, 9.17) is 16.3 Å². The van der Waals surface area contributed by atoms with Gasteiger partial charge >= 0.3 is 5.97 Å². The number of carbonyl (C=O) groups excluding carboxylic acids is 1. The highest BCUT2D eigenvalue weighted by Gasteiger charge is 1.93. The summed E-state index contributed by atoms with van der Waals surface area (Å²) in [6.45, 7) is 3.75. The van der Waals surface area contributed by atoms with E-state index >= 15 is 0 Å². The number of carbonyl (C=O) groups is 1. The molecule has 0 unspecified atom stereocenters. The van der Waals surface area contributed by atoms with Gasteiger partial charge in [0.2, 0.25) is 0 Å². The Morgan fingerprint density at radius 3 is 2.73 bits per heavy atom. The van der Waals surface area contributed by atoms with Gasteiger partial charge in [0, 0.05) is 12.0 Å². The van der Waals surface area contributed by atoms with Crippen molar-refractivity contribution < 1.29 is 9.53 Å². The van der Waals surface area contributed by atoms with E-state index in [9.17, 15) is 4.79 Å². The van der Waals surface area contributed by atoms with Crippen molar-refractivity contribution in [3.05, 3.63) is 12.7 Å². The summed E-state index contributed by atoms with van der Waals surface area (Å²) >= 11 is 5.45. The maximum Gasteiger partial charge on any atom is 0.330 e. The van der Waals surface area contributed by atoms with Gasteiger partial charge in [0.1, 0.15) is 0 Å². The molecule has 0 heterocycles. The third-order valence-corrected chi connectivity index (χ3v) is 1.46. The molecule has 0 aromatic heterocycles. The summed E-state index contributed by atoms with van der Waals surface area (Å²) in [5.41, 5.74) is 0. The van der Waals surface area contributed by atoms with Crippen LogP contribution in [0.4, 0.5) is 0 Å². The fourth-order valence-corrected chi connectivity index (χ4v) is 0.794. The van der Waals surface area contributed by atoms with Crippen molar-refractivity contribution in [1.29, 1.82) is 0 Å². The SMILES string of the molecule is C=CC(=O)OCCCCCCl. The van der Waals surface area contributed by atoms with E-state index in [1.165, 1.54) is 6.08 Å². The Kier molecular flexibility index (Phi) is 7.26. The number of hydrogen-bond donors (Lipinski definition) is 0. The van der Waals surface area contributed by atoms with Crippen LogP contribution < -0.4 is 0 Å². The van der Waals surface area contributed by atoms with Crippen LogP contribution in [-0.2, 0) is 9.53 Å². The van der Waals surface area contributed by atoms with Crippen molar-refractivity contribution in [2.75, 3.05) is 12.5 Å². The Bertz CT molecular complexity index is 123. The number of rotatable bonds is 6. The minimum absolute atomic E-state index is 0.351. The Balaban J connectivity index is 3.01. The first-order valence-corrected chi connectivity index (χ1v) is 4.20. The van der Waals surface area contributed by atoms with Crippen LogP contribution in [0.25, 0.3) is 0 Å². The minimum Gasteiger partial charge on any atom is -0.463 e. The Hall–Kier alpha value is -0.500. The van der Waals surface area contributed by atoms with E-state index < -0.39 is 0 Å². The lowest BCUT2D eigenvalue weighted by atomic mass is 10.3. The molecule has 0 saturated carbocycles. The van der Waals surface area contributed by atoms with E-state index in [1.807, 2.05) is 0 Å². The van der Waals surface area contributed by atoms with Crippen molar-refractivity contribution in [1.82, 2.24) is 0 Å². The number of alkyl halides is 1. The molecule has 0 spiro atoms. The summed E-state index contributed by atoms with van der Waals surface area (Å²) in [5, 5.41) is 0. The molecule has 0 aromatic rings. The lowest BCUT2D eigenvalue weighted by Crippen LogP contribution is -2.01. The van der Waals surface area contributed by atoms with Gasteiger partial charge < -0.3 is 4.74 Å². The molecule has 0 N–H and O–H groups in total. The third kappa shape index (κ3) is 7.40. The van der Waals surface area contributed by atoms with Gasteiger partial charge in [-0.15, -0.1) is 11.6 Å². The summed E-state index contributed by atoms with van der Waals surface area (Å²) in [6, 6.07) is 0. The minimum atomic E-state index is -0.351. The second kappa shape index (κ2) is 7.61. The molecule has 11 heavy (non-hydrogen) atoms. The highest BCUT2D eigenvalue weighted by Crippen LogP contribution is 1.97. The van der Waals surface area contributed by atoms with Crippen molar-refractivity contribution in [2.45, 2.75) is 19.3 Å². The number of unbranched alkanes of at least 4 members (excludes halogenated alkanes) is 2. The second-order valence-electron chi connectivity index (χ2n) is 2.12. The Labute approximate surface area is 72.2 Å². The molecule has 0 aliphatic rings. The van der Waals surface area contributed by atoms with Gasteiger partial charge in [0.25, 0.3) is 0 Å². The van der Waals surface area contributed by atoms with Crippen LogP contribution >= 0.6 is 11.6 Å². The number of hydrogen-bond acceptors (Lipinski definition) is 2. The van der Waals surface area contributed by atoms with E-state index in [2.05, 4.69) is 6.58 Å². The van der Waals surface area contributed by atoms with E-state index in [1.54, 1.807) is 0 Å². The zero-order valence-corrected chi connectivity index (χ0v) is 7.27. The molecule has 64 valence electrons. The van der Waals surface area contributed by atoms with Gasteiger partial charge in [-0.05, 0) is 19.3 Å². The third-order valence-electron chi connectivity index (χ3n) is 1.19. The number of esters is 1. The molecule has 2 nitrogen and oxygen atoms in total. The first kappa shape index (κ1) is 10.5. The van der Waals surface area contributed by atoms with Crippen molar-refractivity contribution in [2.24, 2.45) is 0 Å². The lowest BCUT2D eigenvalue weighted by Gasteiger charge is -1.99. The Morgan fingerprint density at radius 2 is 2.18 bits per heavy atom. The fraction of sp³-hybridized carbons (Fsp3) is 0.625. The molecule has 0 aromatic carbocycles. The molecule has 0 rings (SSSR count). The monoisotopic (exact) mass is 176 g/mol. The average molecular weight is 177 g/mol. The van der Waals surface area contributed by atoms with Gasteiger partial charge in [0.15, 0.2) is 0 Å². The van der Waals surface area contributed by atoms with Gasteiger partial charge in [-0.3, -0.25) is 0 Å². The summed E-state index contributed by atoms with van der Waals surface area (Å²) in [7, 11) is 0. The number of halogens is 1. The molecule has 0 atom stereocenters. The molecule has 3 heteroatoms. The summed E-state index contributed by atoms with van der Waals surface area (Å²) < 4.78 is 4.74. The van der Waals surface area contributed by atoms with Crippen molar-refractivity contribution in [3.63, 3.8) is 0 Å². The first-order chi connectivity index (χ1) is 5.31. The van der Waals surface area contributed by atoms with Crippen LogP contribution in [0.1, 0.15) is 19.3 Å². The van der Waals surface area contributed by atoms with Crippen LogP contribution in [0.2, 0.25) is 0 Å². The molecular formula is C8H13ClO2. The van der Waals surface area contributed by atoms with Crippen LogP contribution in [-0.4, -0.2) is 18.5 Å². The van der Waals surface area contributed by atoms with Gasteiger partial charge in [-0.2, -0.15) is 0 Å². The highest BCUT2D eigenvalue weighted by atomic mass is 35.5. The fourth-order valence-electron chi connectivity index (χ4n) is 0.605. The van der Waals surface area contributed by atoms with Crippen LogP contribution in [0.3, 0.4) is 0 Å². The molecule has 0 radical (unpaired) electrons. The largest absolute Gasteiger partial charge is 0.463 e. The topological polar surface area (TPSA) is 26.3 Å². The predicted octanol–water partition coefficient (Wildman–Crippen LogP) is 2.12. The molecule has 0 saturated heterocycles. The zero-order valence-electron chi connectivity index (χ0n) is 6.51. The second-order valence-corrected chi connectivity index (χ2v) is 2.50. The van der Waals surface area contributed by atoms with Gasteiger partial charge in [0.05, 0.1) is 6.61 Å². The van der Waals surface area contributed by atoms with Crippen molar-refractivity contribution in [3.8, 4) is 0 Å². The standard InChI is InChI=1S/C8H13ClO2/c1-2-8(10)11-7-5-3-4-6-9/h2H,1,3-7H2. The normalized spacial score (nSPS) is 9.18. The summed E-state index contributed by atoms with van der Waals surface area (Å²) in [5.74, 6) is 0.325. The van der Waals surface area contributed by atoms with Gasteiger partial charge in [-0.1, -0.05) is 6.58 Å². The highest BCUT2D eigenvalue weighted by molar-refractivity contribution is 6.17. The first-order valence-electron chi connectivity index (χ1n) is 3.66. The average Bonchev–Trinajstić information content (AvgIpc) is 2.04. The van der Waals surface area contributed by atoms with Crippen molar-refractivity contribution >= 4 is 17.6 Å². The van der Waals surface area contributed by atoms with Crippen LogP contribution in [0.15, 0.2) is 12.7 Å². The Morgan fingerprint density at radius 1 is 1.45 bits per heavy atom.